The van der Waals surface area contributed by atoms with E-state index in [1.165, 1.54) is 12.0 Å². The quantitative estimate of drug-likeness (QED) is 0.413. The van der Waals surface area contributed by atoms with Crippen LogP contribution < -0.4 is 5.32 Å². The number of hydrogen-bond acceptors (Lipinski definition) is 5. The Bertz CT molecular complexity index is 1190. The predicted octanol–water partition coefficient (Wildman–Crippen LogP) is 3.96. The molecule has 1 aliphatic heterocycles. The van der Waals surface area contributed by atoms with E-state index in [-0.39, 0.29) is 49.6 Å². The van der Waals surface area contributed by atoms with Crippen LogP contribution >= 0.6 is 0 Å². The van der Waals surface area contributed by atoms with Crippen molar-refractivity contribution in [3.8, 4) is 0 Å². The van der Waals surface area contributed by atoms with E-state index >= 15 is 0 Å². The van der Waals surface area contributed by atoms with Crippen molar-refractivity contribution in [2.24, 2.45) is 0 Å². The molecule has 3 aromatic rings. The number of amides is 3. The second kappa shape index (κ2) is 11.4. The standard InChI is InChI=1S/C29H32N2O5/c1-21-9-6-7-12-24(21)29(20-27(33)31(28(29)34)16-18-35-2)19-26(32)30-15-14-23(25-13-8-17-36-25)22-10-4-3-5-11-22/h3-13,17,23H,14-16,18-20H2,1-2H3,(H,30,32)/t23-,29-/m0/s1. The molecule has 0 aliphatic carbocycles. The minimum absolute atomic E-state index is 0.00828. The van der Waals surface area contributed by atoms with E-state index in [0.717, 1.165) is 22.5 Å². The highest BCUT2D eigenvalue weighted by atomic mass is 16.5. The highest BCUT2D eigenvalue weighted by molar-refractivity contribution is 6.11. The maximum Gasteiger partial charge on any atom is 0.240 e. The number of likely N-dealkylation sites (tertiary alicyclic amines) is 1. The van der Waals surface area contributed by atoms with Crippen LogP contribution in [0.2, 0.25) is 0 Å². The lowest BCUT2D eigenvalue weighted by Crippen LogP contribution is -2.43. The van der Waals surface area contributed by atoms with E-state index in [0.29, 0.717) is 13.0 Å². The van der Waals surface area contributed by atoms with Gasteiger partial charge in [-0.05, 0) is 42.2 Å². The molecule has 3 amide bonds. The molecule has 0 unspecified atom stereocenters. The molecule has 0 bridgehead atoms. The number of hydrogen-bond donors (Lipinski definition) is 1. The first-order chi connectivity index (χ1) is 17.5. The van der Waals surface area contributed by atoms with Crippen LogP contribution in [0.5, 0.6) is 0 Å². The molecule has 1 fully saturated rings. The first kappa shape index (κ1) is 25.4. The lowest BCUT2D eigenvalue weighted by atomic mass is 9.74. The summed E-state index contributed by atoms with van der Waals surface area (Å²) >= 11 is 0. The molecule has 2 atom stereocenters. The monoisotopic (exact) mass is 488 g/mol. The number of carbonyl (C=O) groups is 3. The van der Waals surface area contributed by atoms with Crippen molar-refractivity contribution in [1.29, 1.82) is 0 Å². The summed E-state index contributed by atoms with van der Waals surface area (Å²) in [6.45, 7) is 2.73. The number of aryl methyl sites for hydroxylation is 1. The fourth-order valence-corrected chi connectivity index (χ4v) is 5.10. The van der Waals surface area contributed by atoms with Gasteiger partial charge in [-0.25, -0.2) is 0 Å². The molecule has 4 rings (SSSR count). The van der Waals surface area contributed by atoms with E-state index in [2.05, 4.69) is 5.32 Å². The number of nitrogens with one attached hydrogen (secondary N) is 1. The highest BCUT2D eigenvalue weighted by Gasteiger charge is 2.54. The third kappa shape index (κ3) is 5.26. The molecule has 2 heterocycles. The largest absolute Gasteiger partial charge is 0.469 e. The van der Waals surface area contributed by atoms with Crippen LogP contribution in [0.15, 0.2) is 77.4 Å². The van der Waals surface area contributed by atoms with Gasteiger partial charge in [0.15, 0.2) is 0 Å². The van der Waals surface area contributed by atoms with Crippen LogP contribution in [0.1, 0.15) is 47.6 Å². The van der Waals surface area contributed by atoms with Gasteiger partial charge in [0.2, 0.25) is 17.7 Å². The number of carbonyl (C=O) groups excluding carboxylic acids is 3. The maximum atomic E-state index is 13.6. The third-order valence-electron chi connectivity index (χ3n) is 6.89. The molecular weight excluding hydrogens is 456 g/mol. The molecule has 36 heavy (non-hydrogen) atoms. The average Bonchev–Trinajstić information content (AvgIpc) is 3.49. The minimum Gasteiger partial charge on any atom is -0.469 e. The van der Waals surface area contributed by atoms with E-state index in [1.54, 1.807) is 6.26 Å². The number of ether oxygens (including phenoxy) is 1. The fraction of sp³-hybridized carbons (Fsp3) is 0.345. The molecule has 7 heteroatoms. The zero-order valence-corrected chi connectivity index (χ0v) is 20.7. The second-order valence-corrected chi connectivity index (χ2v) is 9.21. The first-order valence-electron chi connectivity index (χ1n) is 12.2. The van der Waals surface area contributed by atoms with Crippen molar-refractivity contribution in [3.05, 3.63) is 95.4 Å². The SMILES string of the molecule is COCCN1C(=O)C[C@@](CC(=O)NCC[C@@H](c2ccccc2)c2ccco2)(c2ccccc2C)C1=O. The van der Waals surface area contributed by atoms with Crippen LogP contribution in [-0.2, 0) is 24.5 Å². The van der Waals surface area contributed by atoms with Crippen LogP contribution in [-0.4, -0.2) is 49.4 Å². The number of benzene rings is 2. The van der Waals surface area contributed by atoms with Crippen molar-refractivity contribution in [1.82, 2.24) is 10.2 Å². The summed E-state index contributed by atoms with van der Waals surface area (Å²) in [5.74, 6) is -0.0655. The number of imide groups is 1. The summed E-state index contributed by atoms with van der Waals surface area (Å²) in [6.07, 6.45) is 2.15. The van der Waals surface area contributed by atoms with Crippen LogP contribution in [0, 0.1) is 6.92 Å². The van der Waals surface area contributed by atoms with Gasteiger partial charge in [-0.2, -0.15) is 0 Å². The molecule has 7 nitrogen and oxygen atoms in total. The Morgan fingerprint density at radius 3 is 2.53 bits per heavy atom. The van der Waals surface area contributed by atoms with E-state index in [4.69, 9.17) is 9.15 Å². The lowest BCUT2D eigenvalue weighted by Gasteiger charge is -2.28. The van der Waals surface area contributed by atoms with Crippen molar-refractivity contribution < 1.29 is 23.5 Å². The molecule has 1 saturated heterocycles. The van der Waals surface area contributed by atoms with Crippen molar-refractivity contribution in [3.63, 3.8) is 0 Å². The Hall–Kier alpha value is -3.71. The summed E-state index contributed by atoms with van der Waals surface area (Å²) in [7, 11) is 1.53. The van der Waals surface area contributed by atoms with E-state index < -0.39 is 5.41 Å². The number of methoxy groups -OCH3 is 1. The van der Waals surface area contributed by atoms with Gasteiger partial charge < -0.3 is 14.5 Å². The Labute approximate surface area is 211 Å². The molecule has 1 N–H and O–H groups in total. The van der Waals surface area contributed by atoms with Gasteiger partial charge in [0.05, 0.1) is 24.8 Å². The normalized spacial score (nSPS) is 18.4. The van der Waals surface area contributed by atoms with Gasteiger partial charge in [0.25, 0.3) is 0 Å². The molecule has 2 aromatic carbocycles. The van der Waals surface area contributed by atoms with Crippen LogP contribution in [0.3, 0.4) is 0 Å². The molecule has 1 aliphatic rings. The van der Waals surface area contributed by atoms with Gasteiger partial charge in [0.1, 0.15) is 5.76 Å². The predicted molar refractivity (Wildman–Crippen MR) is 135 cm³/mol. The van der Waals surface area contributed by atoms with Gasteiger partial charge in [-0.1, -0.05) is 54.6 Å². The van der Waals surface area contributed by atoms with Crippen molar-refractivity contribution in [2.75, 3.05) is 26.8 Å². The van der Waals surface area contributed by atoms with Crippen LogP contribution in [0.25, 0.3) is 0 Å². The highest BCUT2D eigenvalue weighted by Crippen LogP contribution is 2.41. The third-order valence-corrected chi connectivity index (χ3v) is 6.89. The first-order valence-corrected chi connectivity index (χ1v) is 12.2. The molecule has 0 spiro atoms. The minimum atomic E-state index is -1.22. The maximum absolute atomic E-state index is 13.6. The lowest BCUT2D eigenvalue weighted by molar-refractivity contribution is -0.141. The summed E-state index contributed by atoms with van der Waals surface area (Å²) in [5.41, 5.74) is 1.47. The summed E-state index contributed by atoms with van der Waals surface area (Å²) in [5, 5.41) is 2.99. The van der Waals surface area contributed by atoms with Gasteiger partial charge in [-0.15, -0.1) is 0 Å². The Kier molecular flexibility index (Phi) is 8.00. The van der Waals surface area contributed by atoms with Gasteiger partial charge >= 0.3 is 0 Å². The van der Waals surface area contributed by atoms with E-state index in [9.17, 15) is 14.4 Å². The Balaban J connectivity index is 1.50. The van der Waals surface area contributed by atoms with E-state index in [1.807, 2.05) is 73.7 Å². The molecule has 1 aromatic heterocycles. The number of rotatable bonds is 11. The molecule has 0 saturated carbocycles. The molecule has 0 radical (unpaired) electrons. The van der Waals surface area contributed by atoms with Gasteiger partial charge in [0, 0.05) is 32.4 Å². The van der Waals surface area contributed by atoms with Crippen LogP contribution in [0.4, 0.5) is 0 Å². The zero-order valence-electron chi connectivity index (χ0n) is 20.7. The van der Waals surface area contributed by atoms with Crippen molar-refractivity contribution in [2.45, 2.75) is 37.5 Å². The van der Waals surface area contributed by atoms with Crippen molar-refractivity contribution >= 4 is 17.7 Å². The fourth-order valence-electron chi connectivity index (χ4n) is 5.10. The summed E-state index contributed by atoms with van der Waals surface area (Å²) in [4.78, 5) is 40.9. The molecular formula is C29H32N2O5. The average molecular weight is 489 g/mol. The van der Waals surface area contributed by atoms with Gasteiger partial charge in [-0.3, -0.25) is 19.3 Å². The topological polar surface area (TPSA) is 88.8 Å². The zero-order chi connectivity index (χ0) is 25.5. The molecule has 188 valence electrons. The summed E-state index contributed by atoms with van der Waals surface area (Å²) < 4.78 is 10.8. The number of nitrogens with zero attached hydrogens (tertiary/aromatic N) is 1. The smallest absolute Gasteiger partial charge is 0.240 e. The number of furan rings is 1. The second-order valence-electron chi connectivity index (χ2n) is 9.21. The Morgan fingerprint density at radius 2 is 1.83 bits per heavy atom. The summed E-state index contributed by atoms with van der Waals surface area (Å²) in [6, 6.07) is 21.3. The Morgan fingerprint density at radius 1 is 1.08 bits per heavy atom.